The molecule has 0 fully saturated rings. The molecule has 0 spiro atoms. The predicted molar refractivity (Wildman–Crippen MR) is 138 cm³/mol. The van der Waals surface area contributed by atoms with Gasteiger partial charge < -0.3 is 9.84 Å². The monoisotopic (exact) mass is 552 g/mol. The third kappa shape index (κ3) is 6.51. The minimum atomic E-state index is -4.04. The van der Waals surface area contributed by atoms with Crippen molar-refractivity contribution in [1.82, 2.24) is 8.61 Å². The van der Waals surface area contributed by atoms with Gasteiger partial charge in [-0.1, -0.05) is 31.8 Å². The lowest BCUT2D eigenvalue weighted by Gasteiger charge is -2.37. The third-order valence-corrected chi connectivity index (χ3v) is 10.1. The molecule has 37 heavy (non-hydrogen) atoms. The predicted octanol–water partition coefficient (Wildman–Crippen LogP) is 3.07. The van der Waals surface area contributed by atoms with Gasteiger partial charge in [-0.2, -0.15) is 8.61 Å². The van der Waals surface area contributed by atoms with Crippen molar-refractivity contribution in [2.24, 2.45) is 5.92 Å². The average molecular weight is 553 g/mol. The summed E-state index contributed by atoms with van der Waals surface area (Å²) in [6.07, 6.45) is 0.804. The van der Waals surface area contributed by atoms with Crippen molar-refractivity contribution >= 4 is 20.0 Å². The Kier molecular flexibility index (Phi) is 9.37. The summed E-state index contributed by atoms with van der Waals surface area (Å²) in [6, 6.07) is 8.60. The average Bonchev–Trinajstić information content (AvgIpc) is 2.85. The van der Waals surface area contributed by atoms with Crippen molar-refractivity contribution in [3.05, 3.63) is 53.8 Å². The molecule has 1 aliphatic heterocycles. The van der Waals surface area contributed by atoms with Gasteiger partial charge in [-0.3, -0.25) is 0 Å². The molecule has 0 aromatic heterocycles. The fourth-order valence-electron chi connectivity index (χ4n) is 3.97. The Morgan fingerprint density at radius 3 is 2.65 bits per heavy atom. The fourth-order valence-corrected chi connectivity index (χ4v) is 7.01. The van der Waals surface area contributed by atoms with Crippen LogP contribution in [-0.4, -0.2) is 69.4 Å². The molecular weight excluding hydrogens is 519 g/mol. The number of hydrogen-bond donors (Lipinski definition) is 1. The largest absolute Gasteiger partial charge is 0.487 e. The Balaban J connectivity index is 2.05. The summed E-state index contributed by atoms with van der Waals surface area (Å²) >= 11 is 0. The van der Waals surface area contributed by atoms with Gasteiger partial charge in [-0.15, -0.1) is 0 Å². The van der Waals surface area contributed by atoms with Crippen molar-refractivity contribution in [3.8, 4) is 17.6 Å². The van der Waals surface area contributed by atoms with E-state index in [4.69, 9.17) is 4.74 Å². The molecule has 0 unspecified atom stereocenters. The Labute approximate surface area is 219 Å². The number of benzene rings is 2. The van der Waals surface area contributed by atoms with E-state index in [-0.39, 0.29) is 35.2 Å². The molecule has 3 rings (SSSR count). The summed E-state index contributed by atoms with van der Waals surface area (Å²) in [6.45, 7) is 4.86. The van der Waals surface area contributed by atoms with E-state index in [1.165, 1.54) is 29.6 Å². The maximum Gasteiger partial charge on any atom is 0.247 e. The SMILES string of the molecule is CCCC#Cc1ccc2c(c1)O[C@@H](CN(C)S(=O)(=O)c1cccc(F)c1)[C@H](C)CN([C@H](C)CO)S2(=O)=O. The van der Waals surface area contributed by atoms with Crippen LogP contribution in [0.1, 0.15) is 39.2 Å². The fraction of sp³-hybridized carbons (Fsp3) is 0.462. The van der Waals surface area contributed by atoms with Crippen LogP contribution in [0.4, 0.5) is 4.39 Å². The molecule has 3 atom stereocenters. The van der Waals surface area contributed by atoms with E-state index in [0.717, 1.165) is 22.9 Å². The Morgan fingerprint density at radius 2 is 2.00 bits per heavy atom. The number of halogens is 1. The van der Waals surface area contributed by atoms with Crippen LogP contribution in [0.2, 0.25) is 0 Å². The highest BCUT2D eigenvalue weighted by atomic mass is 32.2. The highest BCUT2D eigenvalue weighted by Gasteiger charge is 2.39. The Bertz CT molecular complexity index is 1390. The van der Waals surface area contributed by atoms with Crippen molar-refractivity contribution in [2.75, 3.05) is 26.7 Å². The van der Waals surface area contributed by atoms with E-state index in [2.05, 4.69) is 11.8 Å². The number of rotatable bonds is 7. The van der Waals surface area contributed by atoms with Crippen LogP contribution < -0.4 is 4.74 Å². The molecule has 202 valence electrons. The van der Waals surface area contributed by atoms with E-state index in [9.17, 15) is 26.3 Å². The minimum Gasteiger partial charge on any atom is -0.487 e. The van der Waals surface area contributed by atoms with Gasteiger partial charge >= 0.3 is 0 Å². The van der Waals surface area contributed by atoms with Gasteiger partial charge in [0.05, 0.1) is 18.0 Å². The molecule has 2 aromatic carbocycles. The normalized spacial score (nSPS) is 20.6. The van der Waals surface area contributed by atoms with E-state index in [0.29, 0.717) is 12.0 Å². The number of unbranched alkanes of at least 4 members (excludes halogenated alkanes) is 1. The van der Waals surface area contributed by atoms with E-state index in [1.807, 2.05) is 6.92 Å². The lowest BCUT2D eigenvalue weighted by Crippen LogP contribution is -2.50. The molecule has 0 radical (unpaired) electrons. The third-order valence-electron chi connectivity index (χ3n) is 6.22. The summed E-state index contributed by atoms with van der Waals surface area (Å²) in [5.41, 5.74) is 0.567. The van der Waals surface area contributed by atoms with Crippen LogP contribution in [0.15, 0.2) is 52.3 Å². The summed E-state index contributed by atoms with van der Waals surface area (Å²) in [5.74, 6) is 4.95. The number of ether oxygens (including phenoxy) is 1. The van der Waals surface area contributed by atoms with E-state index >= 15 is 0 Å². The van der Waals surface area contributed by atoms with Crippen LogP contribution >= 0.6 is 0 Å². The molecule has 1 N–H and O–H groups in total. The highest BCUT2D eigenvalue weighted by molar-refractivity contribution is 7.89. The number of likely N-dealkylation sites (N-methyl/N-ethyl adjacent to an activating group) is 1. The van der Waals surface area contributed by atoms with Gasteiger partial charge in [-0.25, -0.2) is 21.2 Å². The van der Waals surface area contributed by atoms with Crippen LogP contribution in [0.25, 0.3) is 0 Å². The Morgan fingerprint density at radius 1 is 1.27 bits per heavy atom. The molecular formula is C26H33FN2O6S2. The number of nitrogens with zero attached hydrogens (tertiary/aromatic N) is 2. The standard InChI is InChI=1S/C26H33FN2O6S2/c1-5-6-7-9-21-12-13-26-24(14-21)35-25(19(2)16-29(20(3)18-30)37(26,33)34)17-28(4)36(31,32)23-11-8-10-22(27)15-23/h8,10-15,19-20,25,30H,5-6,16-18H2,1-4H3/t19-,20-,25+/m1/s1. The second-order valence-electron chi connectivity index (χ2n) is 9.20. The van der Waals surface area contributed by atoms with Gasteiger partial charge in [0.15, 0.2) is 0 Å². The molecule has 2 aromatic rings. The second kappa shape index (κ2) is 11.9. The molecule has 11 heteroatoms. The van der Waals surface area contributed by atoms with Crippen molar-refractivity contribution in [2.45, 2.75) is 55.5 Å². The quantitative estimate of drug-likeness (QED) is 0.530. The Hall–Kier alpha value is -2.49. The number of hydrogen-bond acceptors (Lipinski definition) is 6. The molecule has 1 heterocycles. The summed E-state index contributed by atoms with van der Waals surface area (Å²) in [4.78, 5) is -0.276. The van der Waals surface area contributed by atoms with E-state index in [1.54, 1.807) is 26.0 Å². The lowest BCUT2D eigenvalue weighted by molar-refractivity contribution is 0.0904. The zero-order valence-corrected chi connectivity index (χ0v) is 23.0. The highest BCUT2D eigenvalue weighted by Crippen LogP contribution is 2.34. The van der Waals surface area contributed by atoms with Gasteiger partial charge in [-0.05, 0) is 49.7 Å². The zero-order chi connectivity index (χ0) is 27.4. The number of fused-ring (bicyclic) bond motifs is 1. The van der Waals surface area contributed by atoms with Crippen LogP contribution in [-0.2, 0) is 20.0 Å². The first-order valence-electron chi connectivity index (χ1n) is 12.1. The van der Waals surface area contributed by atoms with Crippen molar-refractivity contribution < 1.29 is 31.1 Å². The number of sulfonamides is 2. The molecule has 0 aliphatic carbocycles. The molecule has 8 nitrogen and oxygen atoms in total. The minimum absolute atomic E-state index is 0.0000758. The number of aliphatic hydroxyl groups excluding tert-OH is 1. The number of aliphatic hydroxyl groups is 1. The van der Waals surface area contributed by atoms with Crippen molar-refractivity contribution in [1.29, 1.82) is 0 Å². The first-order valence-corrected chi connectivity index (χ1v) is 14.9. The molecule has 1 aliphatic rings. The molecule has 0 saturated heterocycles. The summed E-state index contributed by atoms with van der Waals surface area (Å²) in [7, 11) is -6.71. The van der Waals surface area contributed by atoms with Crippen LogP contribution in [0.3, 0.4) is 0 Å². The topological polar surface area (TPSA) is 104 Å². The van der Waals surface area contributed by atoms with E-state index < -0.39 is 43.9 Å². The van der Waals surface area contributed by atoms with Gasteiger partial charge in [0.25, 0.3) is 0 Å². The maximum atomic E-state index is 13.7. The molecule has 0 bridgehead atoms. The summed E-state index contributed by atoms with van der Waals surface area (Å²) in [5, 5.41) is 9.77. The van der Waals surface area contributed by atoms with Gasteiger partial charge in [0.1, 0.15) is 22.6 Å². The molecule has 0 saturated carbocycles. The molecule has 0 amide bonds. The summed E-state index contributed by atoms with van der Waals surface area (Å²) < 4.78 is 75.6. The van der Waals surface area contributed by atoms with Gasteiger partial charge in [0, 0.05) is 37.5 Å². The zero-order valence-electron chi connectivity index (χ0n) is 21.4. The van der Waals surface area contributed by atoms with Crippen LogP contribution in [0, 0.1) is 23.6 Å². The van der Waals surface area contributed by atoms with Crippen LogP contribution in [0.5, 0.6) is 5.75 Å². The van der Waals surface area contributed by atoms with Gasteiger partial charge in [0.2, 0.25) is 20.0 Å². The first kappa shape index (κ1) is 29.1. The maximum absolute atomic E-state index is 13.7. The van der Waals surface area contributed by atoms with Crippen molar-refractivity contribution in [3.63, 3.8) is 0 Å². The first-order chi connectivity index (χ1) is 17.4. The second-order valence-corrected chi connectivity index (χ2v) is 13.1. The smallest absolute Gasteiger partial charge is 0.247 e. The lowest BCUT2D eigenvalue weighted by atomic mass is 10.0.